The van der Waals surface area contributed by atoms with Crippen molar-refractivity contribution in [1.29, 1.82) is 0 Å². The van der Waals surface area contributed by atoms with Gasteiger partial charge < -0.3 is 5.32 Å². The van der Waals surface area contributed by atoms with E-state index in [-0.39, 0.29) is 0 Å². The highest BCUT2D eigenvalue weighted by molar-refractivity contribution is 4.91. The van der Waals surface area contributed by atoms with E-state index in [2.05, 4.69) is 74.6 Å². The molecule has 6 atom stereocenters. The summed E-state index contributed by atoms with van der Waals surface area (Å²) in [7, 11) is 0. The summed E-state index contributed by atoms with van der Waals surface area (Å²) >= 11 is 0. The van der Waals surface area contributed by atoms with E-state index < -0.39 is 0 Å². The molecule has 0 heterocycles. The molecule has 0 aliphatic heterocycles. The number of rotatable bonds is 15. The minimum absolute atomic E-state index is 0.442. The van der Waals surface area contributed by atoms with Crippen LogP contribution < -0.4 is 5.32 Å². The molecule has 0 amide bonds. The lowest BCUT2D eigenvalue weighted by atomic mass is 9.72. The van der Waals surface area contributed by atoms with Gasteiger partial charge in [0, 0.05) is 12.6 Å². The predicted octanol–water partition coefficient (Wildman–Crippen LogP) is 8.72. The van der Waals surface area contributed by atoms with Crippen LogP contribution in [0.4, 0.5) is 0 Å². The maximum Gasteiger partial charge on any atom is 0.00645 e. The third kappa shape index (κ3) is 10.2. The molecule has 0 radical (unpaired) electrons. The van der Waals surface area contributed by atoms with Crippen LogP contribution in [0.3, 0.4) is 0 Å². The number of hydrogen-bond acceptors (Lipinski definition) is 1. The first-order valence-corrected chi connectivity index (χ1v) is 13.1. The van der Waals surface area contributed by atoms with Crippen LogP contribution >= 0.6 is 0 Å². The molecule has 6 unspecified atom stereocenters. The van der Waals surface area contributed by atoms with Crippen LogP contribution in [0, 0.1) is 40.4 Å². The zero-order chi connectivity index (χ0) is 22.2. The van der Waals surface area contributed by atoms with Gasteiger partial charge >= 0.3 is 0 Å². The molecule has 1 aliphatic rings. The number of nitrogens with one attached hydrogen (secondary N) is 1. The third-order valence-electron chi connectivity index (χ3n) is 8.74. The van der Waals surface area contributed by atoms with E-state index in [1.165, 1.54) is 64.3 Å². The van der Waals surface area contributed by atoms with Crippen molar-refractivity contribution in [1.82, 2.24) is 5.32 Å². The van der Waals surface area contributed by atoms with Crippen molar-refractivity contribution in [2.75, 3.05) is 6.54 Å². The SMILES string of the molecule is CCCC(C)C(CCC(C)C(C)(C)C)C(C)CCCC(C)C(C)NCC1(C)CC1. The van der Waals surface area contributed by atoms with Gasteiger partial charge in [-0.2, -0.15) is 0 Å². The molecule has 0 spiro atoms. The molecule has 0 aromatic rings. The van der Waals surface area contributed by atoms with Gasteiger partial charge in [0.05, 0.1) is 0 Å². The molecule has 0 aromatic carbocycles. The van der Waals surface area contributed by atoms with Crippen LogP contribution in [0.15, 0.2) is 0 Å². The first-order chi connectivity index (χ1) is 13.4. The van der Waals surface area contributed by atoms with Crippen molar-refractivity contribution in [2.24, 2.45) is 40.4 Å². The van der Waals surface area contributed by atoms with Crippen molar-refractivity contribution in [2.45, 2.75) is 133 Å². The fraction of sp³-hybridized carbons (Fsp3) is 1.00. The van der Waals surface area contributed by atoms with Gasteiger partial charge in [-0.25, -0.2) is 0 Å². The molecular weight excluding hydrogens is 350 g/mol. The molecule has 29 heavy (non-hydrogen) atoms. The normalized spacial score (nSPS) is 22.6. The molecule has 0 saturated heterocycles. The quantitative estimate of drug-likeness (QED) is 0.286. The van der Waals surface area contributed by atoms with Gasteiger partial charge in [-0.1, -0.05) is 88.0 Å². The minimum Gasteiger partial charge on any atom is -0.313 e. The van der Waals surface area contributed by atoms with E-state index in [4.69, 9.17) is 0 Å². The van der Waals surface area contributed by atoms with Crippen LogP contribution in [0.25, 0.3) is 0 Å². The summed E-state index contributed by atoms with van der Waals surface area (Å²) in [6, 6.07) is 0.658. The second-order valence-corrected chi connectivity index (χ2v) is 12.6. The Kier molecular flexibility index (Phi) is 11.3. The number of hydrogen-bond donors (Lipinski definition) is 1. The topological polar surface area (TPSA) is 12.0 Å². The highest BCUT2D eigenvalue weighted by Crippen LogP contribution is 2.44. The Labute approximate surface area is 185 Å². The van der Waals surface area contributed by atoms with Gasteiger partial charge in [0.15, 0.2) is 0 Å². The van der Waals surface area contributed by atoms with Gasteiger partial charge in [0.2, 0.25) is 0 Å². The second kappa shape index (κ2) is 12.1. The molecule has 1 saturated carbocycles. The molecule has 1 heteroatoms. The Morgan fingerprint density at radius 2 is 1.34 bits per heavy atom. The Balaban J connectivity index is 2.43. The van der Waals surface area contributed by atoms with Crippen molar-refractivity contribution in [3.8, 4) is 0 Å². The first kappa shape index (κ1) is 27.0. The van der Waals surface area contributed by atoms with Crippen LogP contribution in [0.2, 0.25) is 0 Å². The van der Waals surface area contributed by atoms with Crippen LogP contribution in [-0.2, 0) is 0 Å². The second-order valence-electron chi connectivity index (χ2n) is 12.6. The summed E-state index contributed by atoms with van der Waals surface area (Å²) in [5.74, 6) is 4.24. The van der Waals surface area contributed by atoms with E-state index in [0.29, 0.717) is 16.9 Å². The van der Waals surface area contributed by atoms with Crippen molar-refractivity contribution < 1.29 is 0 Å². The van der Waals surface area contributed by atoms with Crippen LogP contribution in [-0.4, -0.2) is 12.6 Å². The summed E-state index contributed by atoms with van der Waals surface area (Å²) in [6.45, 7) is 25.6. The highest BCUT2D eigenvalue weighted by Gasteiger charge is 2.37. The summed E-state index contributed by atoms with van der Waals surface area (Å²) in [4.78, 5) is 0. The summed E-state index contributed by atoms with van der Waals surface area (Å²) in [6.07, 6.45) is 12.6. The van der Waals surface area contributed by atoms with E-state index in [1.807, 2.05) is 0 Å². The lowest BCUT2D eigenvalue weighted by Crippen LogP contribution is -2.35. The molecule has 1 N–H and O–H groups in total. The van der Waals surface area contributed by atoms with Gasteiger partial charge in [-0.15, -0.1) is 0 Å². The Morgan fingerprint density at radius 1 is 0.793 bits per heavy atom. The molecule has 1 fully saturated rings. The first-order valence-electron chi connectivity index (χ1n) is 13.1. The maximum atomic E-state index is 3.83. The van der Waals surface area contributed by atoms with Crippen molar-refractivity contribution >= 4 is 0 Å². The maximum absolute atomic E-state index is 3.83. The smallest absolute Gasteiger partial charge is 0.00645 e. The molecular formula is C28H57N. The molecule has 1 rings (SSSR count). The third-order valence-corrected chi connectivity index (χ3v) is 8.74. The van der Waals surface area contributed by atoms with E-state index in [9.17, 15) is 0 Å². The summed E-state index contributed by atoms with van der Waals surface area (Å²) in [5, 5.41) is 3.83. The van der Waals surface area contributed by atoms with Crippen LogP contribution in [0.1, 0.15) is 127 Å². The average Bonchev–Trinajstić information content (AvgIpc) is 3.36. The lowest BCUT2D eigenvalue weighted by molar-refractivity contribution is 0.168. The lowest BCUT2D eigenvalue weighted by Gasteiger charge is -2.34. The fourth-order valence-corrected chi connectivity index (χ4v) is 4.90. The van der Waals surface area contributed by atoms with E-state index in [1.54, 1.807) is 0 Å². The average molecular weight is 408 g/mol. The zero-order valence-corrected chi connectivity index (χ0v) is 22.0. The molecule has 174 valence electrons. The van der Waals surface area contributed by atoms with Crippen molar-refractivity contribution in [3.63, 3.8) is 0 Å². The van der Waals surface area contributed by atoms with Gasteiger partial charge in [-0.05, 0) is 79.4 Å². The monoisotopic (exact) mass is 407 g/mol. The van der Waals surface area contributed by atoms with Gasteiger partial charge in [0.1, 0.15) is 0 Å². The molecule has 1 nitrogen and oxygen atoms in total. The van der Waals surface area contributed by atoms with Crippen molar-refractivity contribution in [3.05, 3.63) is 0 Å². The van der Waals surface area contributed by atoms with Crippen LogP contribution in [0.5, 0.6) is 0 Å². The predicted molar refractivity (Wildman–Crippen MR) is 132 cm³/mol. The standard InChI is InChI=1S/C28H57N/c1-11-13-22(3)26(17-16-24(5)27(7,8)9)23(4)15-12-14-21(2)25(6)29-20-28(10)18-19-28/h21-26,29H,11-20H2,1-10H3. The zero-order valence-electron chi connectivity index (χ0n) is 22.0. The molecule has 1 aliphatic carbocycles. The van der Waals surface area contributed by atoms with Gasteiger partial charge in [-0.3, -0.25) is 0 Å². The van der Waals surface area contributed by atoms with E-state index >= 15 is 0 Å². The minimum atomic E-state index is 0.442. The highest BCUT2D eigenvalue weighted by atomic mass is 14.9. The summed E-state index contributed by atoms with van der Waals surface area (Å²) in [5.41, 5.74) is 1.06. The Hall–Kier alpha value is -0.0400. The molecule has 0 bridgehead atoms. The Morgan fingerprint density at radius 3 is 1.86 bits per heavy atom. The Bertz CT molecular complexity index is 430. The van der Waals surface area contributed by atoms with Gasteiger partial charge in [0.25, 0.3) is 0 Å². The largest absolute Gasteiger partial charge is 0.313 e. The van der Waals surface area contributed by atoms with E-state index in [0.717, 1.165) is 29.6 Å². The summed E-state index contributed by atoms with van der Waals surface area (Å²) < 4.78 is 0. The fourth-order valence-electron chi connectivity index (χ4n) is 4.90. The molecule has 0 aromatic heterocycles.